The van der Waals surface area contributed by atoms with Crippen LogP contribution < -0.4 is 0 Å². The predicted molar refractivity (Wildman–Crippen MR) is 83.4 cm³/mol. The lowest BCUT2D eigenvalue weighted by Crippen LogP contribution is -2.56. The molecule has 0 radical (unpaired) electrons. The van der Waals surface area contributed by atoms with E-state index in [-0.39, 0.29) is 13.2 Å². The van der Waals surface area contributed by atoms with Gasteiger partial charge < -0.3 is 25.0 Å². The molecule has 2 aliphatic rings. The van der Waals surface area contributed by atoms with Crippen LogP contribution in [0.2, 0.25) is 0 Å². The Morgan fingerprint density at radius 2 is 2.09 bits per heavy atom. The molecule has 5 nitrogen and oxygen atoms in total. The number of aryl methyl sites for hydroxylation is 1. The van der Waals surface area contributed by atoms with Gasteiger partial charge in [0.05, 0.1) is 19.3 Å². The fourth-order valence-corrected chi connectivity index (χ4v) is 2.98. The summed E-state index contributed by atoms with van der Waals surface area (Å²) in [5.41, 5.74) is 3.93. The zero-order chi connectivity index (χ0) is 15.9. The quantitative estimate of drug-likeness (QED) is 0.758. The fraction of sp³-hybridized carbons (Fsp3) is 0.412. The molecule has 118 valence electrons. The Bertz CT molecular complexity index is 613. The molecule has 4 atom stereocenters. The smallest absolute Gasteiger partial charge is 0.162 e. The average molecular weight is 303 g/mol. The van der Waals surface area contributed by atoms with Crippen LogP contribution in [0.3, 0.4) is 0 Å². The third-order valence-electron chi connectivity index (χ3n) is 4.36. The summed E-state index contributed by atoms with van der Waals surface area (Å²) >= 11 is 0. The van der Waals surface area contributed by atoms with E-state index >= 15 is 0 Å². The van der Waals surface area contributed by atoms with Crippen LogP contribution in [-0.2, 0) is 4.74 Å². The molecule has 0 aromatic heterocycles. The van der Waals surface area contributed by atoms with E-state index in [0.29, 0.717) is 0 Å². The van der Waals surface area contributed by atoms with Crippen molar-refractivity contribution in [1.29, 1.82) is 0 Å². The lowest BCUT2D eigenvalue weighted by atomic mass is 9.93. The summed E-state index contributed by atoms with van der Waals surface area (Å²) in [4.78, 5) is 1.74. The average Bonchev–Trinajstić information content (AvgIpc) is 2.51. The van der Waals surface area contributed by atoms with Crippen LogP contribution >= 0.6 is 0 Å². The molecule has 1 fully saturated rings. The van der Waals surface area contributed by atoms with Crippen LogP contribution in [0, 0.1) is 12.8 Å². The topological polar surface area (TPSA) is 73.2 Å². The summed E-state index contributed by atoms with van der Waals surface area (Å²) in [6.07, 6.45) is 0.904. The molecule has 0 aliphatic carbocycles. The van der Waals surface area contributed by atoms with Crippen molar-refractivity contribution in [3.05, 3.63) is 47.7 Å². The summed E-state index contributed by atoms with van der Waals surface area (Å²) in [6.45, 7) is 6.10. The van der Waals surface area contributed by atoms with Gasteiger partial charge in [-0.1, -0.05) is 30.3 Å². The number of ether oxygens (including phenoxy) is 1. The number of aliphatic hydroxyl groups is 3. The minimum absolute atomic E-state index is 0.192. The molecule has 0 saturated carbocycles. The molecule has 2 heterocycles. The maximum Gasteiger partial charge on any atom is 0.162 e. The molecule has 3 N–H and O–H groups in total. The summed E-state index contributed by atoms with van der Waals surface area (Å²) in [6, 6.07) is 6.07. The summed E-state index contributed by atoms with van der Waals surface area (Å²) < 4.78 is 5.66. The molecular formula is C17H21NO4. The highest BCUT2D eigenvalue weighted by Gasteiger charge is 2.41. The molecule has 22 heavy (non-hydrogen) atoms. The van der Waals surface area contributed by atoms with Crippen LogP contribution in [0.1, 0.15) is 16.7 Å². The number of benzene rings is 1. The first-order valence-corrected chi connectivity index (χ1v) is 7.38. The monoisotopic (exact) mass is 303 g/mol. The third kappa shape index (κ3) is 2.46. The van der Waals surface area contributed by atoms with Crippen LogP contribution in [0.25, 0.3) is 11.8 Å². The molecule has 1 aromatic carbocycles. The second-order valence-corrected chi connectivity index (χ2v) is 5.91. The van der Waals surface area contributed by atoms with E-state index in [9.17, 15) is 15.3 Å². The lowest BCUT2D eigenvalue weighted by Gasteiger charge is -2.43. The summed E-state index contributed by atoms with van der Waals surface area (Å²) in [5, 5.41) is 29.6. The molecular weight excluding hydrogens is 282 g/mol. The van der Waals surface area contributed by atoms with Gasteiger partial charge in [-0.15, -0.1) is 0 Å². The predicted octanol–water partition coefficient (Wildman–Crippen LogP) is 0.939. The maximum atomic E-state index is 10.3. The molecule has 2 aliphatic heterocycles. The Morgan fingerprint density at radius 1 is 1.32 bits per heavy atom. The van der Waals surface area contributed by atoms with Gasteiger partial charge in [-0.2, -0.15) is 0 Å². The zero-order valence-corrected chi connectivity index (χ0v) is 12.5. The van der Waals surface area contributed by atoms with Gasteiger partial charge in [-0.25, -0.2) is 0 Å². The first-order chi connectivity index (χ1) is 10.5. The Kier molecular flexibility index (Phi) is 4.06. The van der Waals surface area contributed by atoms with Crippen LogP contribution in [0.5, 0.6) is 0 Å². The SMILES string of the molecule is C=C1c2ccc(C)cc2C=CN1[C@@H]1OC[C@H](CO)[C@H](O)C1O. The maximum absolute atomic E-state index is 10.3. The summed E-state index contributed by atoms with van der Waals surface area (Å²) in [7, 11) is 0. The largest absolute Gasteiger partial charge is 0.396 e. The van der Waals surface area contributed by atoms with Crippen molar-refractivity contribution in [2.75, 3.05) is 13.2 Å². The number of hydrogen-bond donors (Lipinski definition) is 3. The van der Waals surface area contributed by atoms with Crippen molar-refractivity contribution in [2.24, 2.45) is 5.92 Å². The van der Waals surface area contributed by atoms with Crippen molar-refractivity contribution >= 4 is 11.8 Å². The Hall–Kier alpha value is -1.66. The second-order valence-electron chi connectivity index (χ2n) is 5.91. The summed E-state index contributed by atoms with van der Waals surface area (Å²) in [5.74, 6) is -0.469. The van der Waals surface area contributed by atoms with Crippen molar-refractivity contribution in [3.8, 4) is 0 Å². The number of hydrogen-bond acceptors (Lipinski definition) is 5. The van der Waals surface area contributed by atoms with Crippen molar-refractivity contribution in [2.45, 2.75) is 25.4 Å². The van der Waals surface area contributed by atoms with Crippen molar-refractivity contribution in [1.82, 2.24) is 4.90 Å². The minimum atomic E-state index is -1.11. The number of aliphatic hydroxyl groups excluding tert-OH is 3. The van der Waals surface area contributed by atoms with E-state index in [4.69, 9.17) is 4.74 Å². The van der Waals surface area contributed by atoms with Gasteiger partial charge >= 0.3 is 0 Å². The molecule has 0 amide bonds. The second kappa shape index (κ2) is 5.85. The van der Waals surface area contributed by atoms with Crippen molar-refractivity contribution in [3.63, 3.8) is 0 Å². The molecule has 1 saturated heterocycles. The van der Waals surface area contributed by atoms with Gasteiger partial charge in [0, 0.05) is 23.4 Å². The van der Waals surface area contributed by atoms with Crippen LogP contribution in [-0.4, -0.2) is 51.9 Å². The van der Waals surface area contributed by atoms with E-state index in [1.54, 1.807) is 4.90 Å². The highest BCUT2D eigenvalue weighted by atomic mass is 16.5. The number of nitrogens with zero attached hydrogens (tertiary/aromatic N) is 1. The number of fused-ring (bicyclic) bond motifs is 1. The van der Waals surface area contributed by atoms with E-state index in [1.165, 1.54) is 5.56 Å². The molecule has 1 unspecified atom stereocenters. The Morgan fingerprint density at radius 3 is 2.82 bits per heavy atom. The molecule has 0 bridgehead atoms. The van der Waals surface area contributed by atoms with Gasteiger partial charge in [-0.05, 0) is 18.6 Å². The molecule has 0 spiro atoms. The first-order valence-electron chi connectivity index (χ1n) is 7.38. The van der Waals surface area contributed by atoms with E-state index in [1.807, 2.05) is 31.3 Å². The van der Waals surface area contributed by atoms with Gasteiger partial charge in [0.2, 0.25) is 0 Å². The third-order valence-corrected chi connectivity index (χ3v) is 4.36. The van der Waals surface area contributed by atoms with Crippen LogP contribution in [0.15, 0.2) is 31.0 Å². The normalized spacial score (nSPS) is 31.3. The Balaban J connectivity index is 1.85. The van der Waals surface area contributed by atoms with E-state index in [2.05, 4.69) is 12.6 Å². The fourth-order valence-electron chi connectivity index (χ4n) is 2.98. The molecule has 1 aromatic rings. The minimum Gasteiger partial charge on any atom is -0.396 e. The van der Waals surface area contributed by atoms with E-state index < -0.39 is 24.4 Å². The lowest BCUT2D eigenvalue weighted by molar-refractivity contribution is -0.199. The van der Waals surface area contributed by atoms with Crippen molar-refractivity contribution < 1.29 is 20.1 Å². The van der Waals surface area contributed by atoms with E-state index in [0.717, 1.165) is 16.8 Å². The van der Waals surface area contributed by atoms with Gasteiger partial charge in [0.1, 0.15) is 6.10 Å². The van der Waals surface area contributed by atoms with Gasteiger partial charge in [0.25, 0.3) is 0 Å². The zero-order valence-electron chi connectivity index (χ0n) is 12.5. The standard InChI is InChI=1S/C17H21NO4/c1-10-3-4-14-11(2)18(6-5-12(14)7-10)17-16(21)15(20)13(8-19)9-22-17/h3-7,13,15-17,19-21H,2,8-9H2,1H3/t13-,15-,16?,17+/m0/s1. The first kappa shape index (κ1) is 15.2. The van der Waals surface area contributed by atoms with Gasteiger partial charge in [-0.3, -0.25) is 0 Å². The number of rotatable bonds is 2. The molecule has 5 heteroatoms. The highest BCUT2D eigenvalue weighted by molar-refractivity contribution is 5.77. The van der Waals surface area contributed by atoms with Gasteiger partial charge in [0.15, 0.2) is 6.23 Å². The van der Waals surface area contributed by atoms with Crippen LogP contribution in [0.4, 0.5) is 0 Å². The Labute approximate surface area is 129 Å². The molecule has 3 rings (SSSR count). The highest BCUT2D eigenvalue weighted by Crippen LogP contribution is 2.34.